The number of nitrogens with zero attached hydrogens (tertiary/aromatic N) is 4. The van der Waals surface area contributed by atoms with Crippen molar-refractivity contribution in [1.82, 2.24) is 14.9 Å². The fourth-order valence-electron chi connectivity index (χ4n) is 3.99. The maximum Gasteiger partial charge on any atom is 0.231 e. The van der Waals surface area contributed by atoms with Crippen LogP contribution in [-0.4, -0.2) is 53.9 Å². The summed E-state index contributed by atoms with van der Waals surface area (Å²) in [4.78, 5) is 14.5. The van der Waals surface area contributed by atoms with E-state index >= 15 is 0 Å². The van der Waals surface area contributed by atoms with Gasteiger partial charge in [-0.25, -0.2) is 4.98 Å². The molecule has 5 rings (SSSR count). The second-order valence-corrected chi connectivity index (χ2v) is 8.14. The van der Waals surface area contributed by atoms with Crippen molar-refractivity contribution in [3.05, 3.63) is 48.0 Å². The molecule has 0 saturated carbocycles. The first kappa shape index (κ1) is 18.9. The largest absolute Gasteiger partial charge is 0.454 e. The molecule has 0 atom stereocenters. The molecule has 0 radical (unpaired) electrons. The van der Waals surface area contributed by atoms with Crippen LogP contribution in [0.2, 0.25) is 0 Å². The van der Waals surface area contributed by atoms with Crippen LogP contribution in [0.1, 0.15) is 19.4 Å². The summed E-state index contributed by atoms with van der Waals surface area (Å²) in [6.07, 6.45) is 0. The average Bonchev–Trinajstić information content (AvgIpc) is 3.22. The minimum Gasteiger partial charge on any atom is -0.454 e. The van der Waals surface area contributed by atoms with Gasteiger partial charge < -0.3 is 19.7 Å². The standard InChI is InChI=1S/C23H27N5O2/c1-16(2)24-22-18-5-3-4-6-19(18)25-23(26-22)28-11-9-27(10-12-28)14-17-7-8-20-21(13-17)30-15-29-20/h3-8,13,16H,9-12,14-15H2,1-2H3,(H,24,25,26). The van der Waals surface area contributed by atoms with E-state index in [2.05, 4.69) is 53.2 Å². The molecule has 0 amide bonds. The Morgan fingerprint density at radius 1 is 0.967 bits per heavy atom. The summed E-state index contributed by atoms with van der Waals surface area (Å²) in [5.74, 6) is 3.40. The molecule has 1 saturated heterocycles. The van der Waals surface area contributed by atoms with Crippen LogP contribution in [-0.2, 0) is 6.54 Å². The average molecular weight is 406 g/mol. The van der Waals surface area contributed by atoms with Crippen molar-refractivity contribution in [2.45, 2.75) is 26.4 Å². The molecule has 156 valence electrons. The molecule has 0 bridgehead atoms. The molecule has 1 fully saturated rings. The number of nitrogens with one attached hydrogen (secondary N) is 1. The van der Waals surface area contributed by atoms with Crippen molar-refractivity contribution < 1.29 is 9.47 Å². The predicted molar refractivity (Wildman–Crippen MR) is 118 cm³/mol. The van der Waals surface area contributed by atoms with Crippen LogP contribution >= 0.6 is 0 Å². The lowest BCUT2D eigenvalue weighted by molar-refractivity contribution is 0.174. The molecule has 1 aromatic heterocycles. The Hall–Kier alpha value is -3.06. The minimum absolute atomic E-state index is 0.315. The highest BCUT2D eigenvalue weighted by atomic mass is 16.7. The number of piperazine rings is 1. The van der Waals surface area contributed by atoms with Crippen molar-refractivity contribution in [2.24, 2.45) is 0 Å². The van der Waals surface area contributed by atoms with Crippen LogP contribution in [0.4, 0.5) is 11.8 Å². The topological polar surface area (TPSA) is 62.8 Å². The first-order chi connectivity index (χ1) is 14.7. The summed E-state index contributed by atoms with van der Waals surface area (Å²) < 4.78 is 10.9. The van der Waals surface area contributed by atoms with Crippen molar-refractivity contribution in [2.75, 3.05) is 43.2 Å². The number of anilines is 2. The predicted octanol–water partition coefficient (Wildman–Crippen LogP) is 3.50. The zero-order valence-electron chi connectivity index (χ0n) is 17.5. The Morgan fingerprint density at radius 2 is 1.77 bits per heavy atom. The number of hydrogen-bond acceptors (Lipinski definition) is 7. The van der Waals surface area contributed by atoms with Gasteiger partial charge in [0, 0.05) is 44.2 Å². The fourth-order valence-corrected chi connectivity index (χ4v) is 3.99. The third-order valence-electron chi connectivity index (χ3n) is 5.52. The molecule has 3 heterocycles. The zero-order valence-corrected chi connectivity index (χ0v) is 17.5. The molecule has 0 spiro atoms. The SMILES string of the molecule is CC(C)Nc1nc(N2CCN(Cc3ccc4c(c3)OCO4)CC2)nc2ccccc12. The van der Waals surface area contributed by atoms with E-state index in [1.54, 1.807) is 0 Å². The maximum absolute atomic E-state index is 5.51. The van der Waals surface area contributed by atoms with E-state index in [4.69, 9.17) is 19.4 Å². The Morgan fingerprint density at radius 3 is 2.60 bits per heavy atom. The molecule has 7 heteroatoms. The van der Waals surface area contributed by atoms with Crippen LogP contribution in [0.25, 0.3) is 10.9 Å². The van der Waals surface area contributed by atoms with Crippen LogP contribution in [0.5, 0.6) is 11.5 Å². The van der Waals surface area contributed by atoms with Gasteiger partial charge in [-0.3, -0.25) is 4.90 Å². The molecule has 3 aromatic rings. The van der Waals surface area contributed by atoms with E-state index in [0.29, 0.717) is 12.8 Å². The molecular weight excluding hydrogens is 378 g/mol. The lowest BCUT2D eigenvalue weighted by Gasteiger charge is -2.35. The van der Waals surface area contributed by atoms with Crippen molar-refractivity contribution in [1.29, 1.82) is 0 Å². The highest BCUT2D eigenvalue weighted by Crippen LogP contribution is 2.33. The van der Waals surface area contributed by atoms with Gasteiger partial charge in [-0.05, 0) is 43.7 Å². The quantitative estimate of drug-likeness (QED) is 0.697. The van der Waals surface area contributed by atoms with E-state index in [0.717, 1.165) is 66.9 Å². The van der Waals surface area contributed by atoms with Crippen molar-refractivity contribution in [3.63, 3.8) is 0 Å². The van der Waals surface area contributed by atoms with Gasteiger partial charge in [-0.15, -0.1) is 0 Å². The lowest BCUT2D eigenvalue weighted by atomic mass is 10.1. The maximum atomic E-state index is 5.51. The zero-order chi connectivity index (χ0) is 20.5. The van der Waals surface area contributed by atoms with Gasteiger partial charge in [0.05, 0.1) is 5.52 Å². The highest BCUT2D eigenvalue weighted by molar-refractivity contribution is 5.90. The monoisotopic (exact) mass is 405 g/mol. The van der Waals surface area contributed by atoms with E-state index in [9.17, 15) is 0 Å². The molecule has 30 heavy (non-hydrogen) atoms. The second kappa shape index (κ2) is 7.99. The number of ether oxygens (including phenoxy) is 2. The molecule has 2 aliphatic heterocycles. The number of para-hydroxylation sites is 1. The number of fused-ring (bicyclic) bond motifs is 2. The van der Waals surface area contributed by atoms with Crippen LogP contribution < -0.4 is 19.7 Å². The summed E-state index contributed by atoms with van der Waals surface area (Å²) in [5, 5.41) is 4.54. The van der Waals surface area contributed by atoms with Gasteiger partial charge in [0.25, 0.3) is 0 Å². The first-order valence-corrected chi connectivity index (χ1v) is 10.5. The van der Waals surface area contributed by atoms with Gasteiger partial charge in [-0.1, -0.05) is 18.2 Å². The summed E-state index contributed by atoms with van der Waals surface area (Å²) >= 11 is 0. The Balaban J connectivity index is 1.29. The molecule has 0 aliphatic carbocycles. The normalized spacial score (nSPS) is 16.4. The van der Waals surface area contributed by atoms with Crippen LogP contribution in [0.15, 0.2) is 42.5 Å². The van der Waals surface area contributed by atoms with Crippen molar-refractivity contribution >= 4 is 22.7 Å². The number of aromatic nitrogens is 2. The van der Waals surface area contributed by atoms with Gasteiger partial charge in [0.15, 0.2) is 11.5 Å². The van der Waals surface area contributed by atoms with Gasteiger partial charge >= 0.3 is 0 Å². The van der Waals surface area contributed by atoms with Crippen molar-refractivity contribution in [3.8, 4) is 11.5 Å². The number of rotatable bonds is 5. The smallest absolute Gasteiger partial charge is 0.231 e. The molecule has 2 aromatic carbocycles. The Labute approximate surface area is 176 Å². The molecular formula is C23H27N5O2. The number of hydrogen-bond donors (Lipinski definition) is 1. The second-order valence-electron chi connectivity index (χ2n) is 8.14. The summed E-state index contributed by atoms with van der Waals surface area (Å²) in [5.41, 5.74) is 2.23. The van der Waals surface area contributed by atoms with Crippen LogP contribution in [0.3, 0.4) is 0 Å². The molecule has 7 nitrogen and oxygen atoms in total. The van der Waals surface area contributed by atoms with Gasteiger partial charge in [0.2, 0.25) is 12.7 Å². The fraction of sp³-hybridized carbons (Fsp3) is 0.391. The lowest BCUT2D eigenvalue weighted by Crippen LogP contribution is -2.46. The van der Waals surface area contributed by atoms with E-state index < -0.39 is 0 Å². The summed E-state index contributed by atoms with van der Waals surface area (Å²) in [6, 6.07) is 14.7. The third-order valence-corrected chi connectivity index (χ3v) is 5.52. The Bertz CT molecular complexity index is 1050. The Kier molecular flexibility index (Phi) is 5.04. The third kappa shape index (κ3) is 3.85. The molecule has 2 aliphatic rings. The van der Waals surface area contributed by atoms with Gasteiger partial charge in [0.1, 0.15) is 5.82 Å². The molecule has 1 N–H and O–H groups in total. The molecule has 0 unspecified atom stereocenters. The highest BCUT2D eigenvalue weighted by Gasteiger charge is 2.21. The summed E-state index contributed by atoms with van der Waals surface area (Å²) in [7, 11) is 0. The van der Waals surface area contributed by atoms with Crippen LogP contribution in [0, 0.1) is 0 Å². The first-order valence-electron chi connectivity index (χ1n) is 10.5. The van der Waals surface area contributed by atoms with E-state index in [1.165, 1.54) is 5.56 Å². The number of benzene rings is 2. The van der Waals surface area contributed by atoms with Gasteiger partial charge in [-0.2, -0.15) is 4.98 Å². The van der Waals surface area contributed by atoms with E-state index in [-0.39, 0.29) is 0 Å². The minimum atomic E-state index is 0.315. The summed E-state index contributed by atoms with van der Waals surface area (Å²) in [6.45, 7) is 9.24. The van der Waals surface area contributed by atoms with E-state index in [1.807, 2.05) is 18.2 Å².